The van der Waals surface area contributed by atoms with Crippen molar-refractivity contribution in [3.05, 3.63) is 30.2 Å². The molecule has 0 fully saturated rings. The zero-order valence-corrected chi connectivity index (χ0v) is 16.3. The average molecular weight is 404 g/mol. The third kappa shape index (κ3) is 5.61. The molecule has 0 saturated carbocycles. The summed E-state index contributed by atoms with van der Waals surface area (Å²) in [5.41, 5.74) is 6.53. The number of benzene rings is 1. The molecule has 0 spiro atoms. The molecule has 156 valence electrons. The van der Waals surface area contributed by atoms with Crippen LogP contribution in [0.4, 0.5) is 0 Å². The summed E-state index contributed by atoms with van der Waals surface area (Å²) < 4.78 is 5.37. The first kappa shape index (κ1) is 22.0. The van der Waals surface area contributed by atoms with Crippen LogP contribution >= 0.6 is 0 Å². The highest BCUT2D eigenvalue weighted by Crippen LogP contribution is 2.16. The Bertz CT molecular complexity index is 889. The van der Waals surface area contributed by atoms with Crippen molar-refractivity contribution in [3.63, 3.8) is 0 Å². The molecule has 1 aromatic carbocycles. The smallest absolute Gasteiger partial charge is 0.305 e. The van der Waals surface area contributed by atoms with Crippen molar-refractivity contribution in [2.75, 3.05) is 0 Å². The summed E-state index contributed by atoms with van der Waals surface area (Å²) >= 11 is 0. The summed E-state index contributed by atoms with van der Waals surface area (Å²) in [7, 11) is 0. The SMILES string of the molecule is CC(C)[C@@H](N)C(=O)N[C@@H](C)C(=O)N[C@H](CC(=O)O)C(=O)c1nc2ccccc2o1. The molecule has 0 aliphatic carbocycles. The fourth-order valence-corrected chi connectivity index (χ4v) is 2.49. The van der Waals surface area contributed by atoms with Crippen LogP contribution < -0.4 is 16.4 Å². The Hall–Kier alpha value is -3.27. The Morgan fingerprint density at radius 3 is 2.34 bits per heavy atom. The second-order valence-corrected chi connectivity index (χ2v) is 7.01. The highest BCUT2D eigenvalue weighted by atomic mass is 16.4. The molecule has 0 bridgehead atoms. The molecule has 1 aromatic heterocycles. The number of carbonyl (C=O) groups excluding carboxylic acids is 3. The van der Waals surface area contributed by atoms with Crippen molar-refractivity contribution in [1.29, 1.82) is 0 Å². The van der Waals surface area contributed by atoms with Gasteiger partial charge >= 0.3 is 5.97 Å². The minimum atomic E-state index is -1.41. The van der Waals surface area contributed by atoms with Crippen LogP contribution in [0.1, 0.15) is 37.9 Å². The third-order valence-electron chi connectivity index (χ3n) is 4.29. The standard InChI is InChI=1S/C19H24N4O6/c1-9(2)15(20)18(28)21-10(3)17(27)22-12(8-14(24)25)16(26)19-23-11-6-4-5-7-13(11)29-19/h4-7,9-10,12,15H,8,20H2,1-3H3,(H,21,28)(H,22,27)(H,24,25)/t10-,12+,15+/m0/s1. The van der Waals surface area contributed by atoms with E-state index in [1.807, 2.05) is 0 Å². The van der Waals surface area contributed by atoms with Crippen molar-refractivity contribution >= 4 is 34.7 Å². The second kappa shape index (κ2) is 9.28. The van der Waals surface area contributed by atoms with E-state index in [-0.39, 0.29) is 11.8 Å². The molecule has 29 heavy (non-hydrogen) atoms. The van der Waals surface area contributed by atoms with Crippen LogP contribution in [0.25, 0.3) is 11.1 Å². The van der Waals surface area contributed by atoms with Crippen LogP contribution in [0.5, 0.6) is 0 Å². The Balaban J connectivity index is 2.13. The van der Waals surface area contributed by atoms with Crippen molar-refractivity contribution in [2.24, 2.45) is 11.7 Å². The predicted molar refractivity (Wildman–Crippen MR) is 103 cm³/mol. The van der Waals surface area contributed by atoms with Gasteiger partial charge in [0.05, 0.1) is 12.5 Å². The number of nitrogens with two attached hydrogens (primary N) is 1. The van der Waals surface area contributed by atoms with Gasteiger partial charge in [0, 0.05) is 0 Å². The number of para-hydroxylation sites is 2. The van der Waals surface area contributed by atoms with Crippen LogP contribution in [0.15, 0.2) is 28.7 Å². The first-order valence-corrected chi connectivity index (χ1v) is 9.08. The van der Waals surface area contributed by atoms with Crippen molar-refractivity contribution in [1.82, 2.24) is 15.6 Å². The zero-order valence-electron chi connectivity index (χ0n) is 16.3. The number of carboxylic acids is 1. The van der Waals surface area contributed by atoms with E-state index in [9.17, 15) is 19.2 Å². The van der Waals surface area contributed by atoms with E-state index >= 15 is 0 Å². The van der Waals surface area contributed by atoms with Gasteiger partial charge in [0.1, 0.15) is 17.6 Å². The van der Waals surface area contributed by atoms with E-state index in [1.165, 1.54) is 6.92 Å². The van der Waals surface area contributed by atoms with Gasteiger partial charge in [0.2, 0.25) is 17.6 Å². The number of nitrogens with one attached hydrogen (secondary N) is 2. The molecule has 0 unspecified atom stereocenters. The molecular formula is C19H24N4O6. The van der Waals surface area contributed by atoms with Gasteiger partial charge in [-0.25, -0.2) is 4.98 Å². The number of fused-ring (bicyclic) bond motifs is 1. The molecule has 5 N–H and O–H groups in total. The highest BCUT2D eigenvalue weighted by molar-refractivity contribution is 6.02. The molecular weight excluding hydrogens is 380 g/mol. The number of aromatic nitrogens is 1. The van der Waals surface area contributed by atoms with Gasteiger partial charge in [-0.1, -0.05) is 26.0 Å². The van der Waals surface area contributed by atoms with Gasteiger partial charge < -0.3 is 25.9 Å². The fourth-order valence-electron chi connectivity index (χ4n) is 2.49. The quantitative estimate of drug-likeness (QED) is 0.438. The molecule has 2 aromatic rings. The molecule has 2 amide bonds. The molecule has 10 nitrogen and oxygen atoms in total. The fraction of sp³-hybridized carbons (Fsp3) is 0.421. The number of amides is 2. The van der Waals surface area contributed by atoms with Crippen molar-refractivity contribution < 1.29 is 28.7 Å². The topological polar surface area (TPSA) is 165 Å². The van der Waals surface area contributed by atoms with Gasteiger partial charge in [-0.15, -0.1) is 0 Å². The number of ketones is 1. The highest BCUT2D eigenvalue weighted by Gasteiger charge is 2.31. The number of aliphatic carboxylic acids is 1. The molecule has 10 heteroatoms. The average Bonchev–Trinajstić information content (AvgIpc) is 3.09. The number of hydrogen-bond donors (Lipinski definition) is 4. The van der Waals surface area contributed by atoms with Gasteiger partial charge in [-0.3, -0.25) is 19.2 Å². The Kier molecular flexibility index (Phi) is 7.05. The summed E-state index contributed by atoms with van der Waals surface area (Å²) in [6.45, 7) is 4.93. The summed E-state index contributed by atoms with van der Waals surface area (Å²) in [6.07, 6.45) is -0.671. The normalized spacial score (nSPS) is 14.2. The summed E-state index contributed by atoms with van der Waals surface area (Å²) in [5, 5.41) is 13.9. The maximum atomic E-state index is 12.7. The minimum absolute atomic E-state index is 0.134. The van der Waals surface area contributed by atoms with E-state index in [0.717, 1.165) is 0 Å². The van der Waals surface area contributed by atoms with Gasteiger partial charge in [0.15, 0.2) is 5.58 Å². The van der Waals surface area contributed by atoms with Crippen molar-refractivity contribution in [3.8, 4) is 0 Å². The largest absolute Gasteiger partial charge is 0.481 e. The lowest BCUT2D eigenvalue weighted by atomic mass is 10.0. The number of oxazole rings is 1. The number of carbonyl (C=O) groups is 4. The maximum Gasteiger partial charge on any atom is 0.305 e. The van der Waals surface area contributed by atoms with Crippen LogP contribution in [0.3, 0.4) is 0 Å². The second-order valence-electron chi connectivity index (χ2n) is 7.01. The zero-order chi connectivity index (χ0) is 21.7. The van der Waals surface area contributed by atoms with Crippen LogP contribution in [0, 0.1) is 5.92 Å². The Morgan fingerprint density at radius 1 is 1.10 bits per heavy atom. The predicted octanol–water partition coefficient (Wildman–Crippen LogP) is 0.458. The van der Waals surface area contributed by atoms with Crippen LogP contribution in [-0.2, 0) is 14.4 Å². The third-order valence-corrected chi connectivity index (χ3v) is 4.29. The van der Waals surface area contributed by atoms with E-state index in [0.29, 0.717) is 11.1 Å². The monoisotopic (exact) mass is 404 g/mol. The van der Waals surface area contributed by atoms with Gasteiger partial charge in [-0.2, -0.15) is 0 Å². The number of carboxylic acid groups (broad SMARTS) is 1. The Morgan fingerprint density at radius 2 is 1.76 bits per heavy atom. The molecule has 1 heterocycles. The van der Waals surface area contributed by atoms with Gasteiger partial charge in [0.25, 0.3) is 5.89 Å². The lowest BCUT2D eigenvalue weighted by Crippen LogP contribution is -2.54. The lowest BCUT2D eigenvalue weighted by molar-refractivity contribution is -0.137. The summed E-state index contributed by atoms with van der Waals surface area (Å²) in [6, 6.07) is 3.41. The van der Waals surface area contributed by atoms with Gasteiger partial charge in [-0.05, 0) is 25.0 Å². The molecule has 3 atom stereocenters. The van der Waals surface area contributed by atoms with Crippen LogP contribution in [0.2, 0.25) is 0 Å². The first-order valence-electron chi connectivity index (χ1n) is 9.08. The molecule has 0 aliphatic rings. The molecule has 0 radical (unpaired) electrons. The Labute approximate surface area is 166 Å². The lowest BCUT2D eigenvalue weighted by Gasteiger charge is -2.21. The van der Waals surface area contributed by atoms with Crippen molar-refractivity contribution in [2.45, 2.75) is 45.3 Å². The number of Topliss-reactive ketones (excluding diaryl/α,β-unsaturated/α-hetero) is 1. The van der Waals surface area contributed by atoms with E-state index in [4.69, 9.17) is 15.3 Å². The van der Waals surface area contributed by atoms with E-state index < -0.39 is 48.1 Å². The first-order chi connectivity index (χ1) is 13.6. The molecule has 2 rings (SSSR count). The minimum Gasteiger partial charge on any atom is -0.481 e. The summed E-state index contributed by atoms with van der Waals surface area (Å²) in [4.78, 5) is 52.3. The summed E-state index contributed by atoms with van der Waals surface area (Å²) in [5.74, 6) is -3.78. The van der Waals surface area contributed by atoms with Crippen LogP contribution in [-0.4, -0.2) is 51.8 Å². The molecule has 0 aliphatic heterocycles. The van der Waals surface area contributed by atoms with E-state index in [2.05, 4.69) is 15.6 Å². The number of rotatable bonds is 9. The molecule has 0 saturated heterocycles. The maximum absolute atomic E-state index is 12.7. The number of hydrogen-bond acceptors (Lipinski definition) is 7. The number of nitrogens with zero attached hydrogens (tertiary/aromatic N) is 1. The van der Waals surface area contributed by atoms with E-state index in [1.54, 1.807) is 38.1 Å².